The van der Waals surface area contributed by atoms with Crippen LogP contribution in [-0.2, 0) is 0 Å². The van der Waals surface area contributed by atoms with Crippen LogP contribution in [0.3, 0.4) is 0 Å². The summed E-state index contributed by atoms with van der Waals surface area (Å²) in [6.45, 7) is 8.41. The summed E-state index contributed by atoms with van der Waals surface area (Å²) in [6, 6.07) is 0. The van der Waals surface area contributed by atoms with E-state index < -0.39 is 0 Å². The van der Waals surface area contributed by atoms with Crippen molar-refractivity contribution in [2.75, 3.05) is 18.0 Å². The van der Waals surface area contributed by atoms with E-state index in [9.17, 15) is 4.79 Å². The molecule has 0 spiro atoms. The number of thiazole rings is 1. The van der Waals surface area contributed by atoms with Gasteiger partial charge in [-0.15, -0.1) is 0 Å². The maximum absolute atomic E-state index is 11.1. The Morgan fingerprint density at radius 1 is 1.50 bits per heavy atom. The van der Waals surface area contributed by atoms with Gasteiger partial charge in [-0.25, -0.2) is 4.98 Å². The van der Waals surface area contributed by atoms with Gasteiger partial charge in [-0.2, -0.15) is 0 Å². The van der Waals surface area contributed by atoms with Crippen molar-refractivity contribution >= 4 is 22.8 Å². The number of hydrogen-bond donors (Lipinski definition) is 0. The van der Waals surface area contributed by atoms with E-state index in [0.717, 1.165) is 41.0 Å². The van der Waals surface area contributed by atoms with Crippen LogP contribution in [0.4, 0.5) is 5.13 Å². The van der Waals surface area contributed by atoms with Crippen LogP contribution in [0.25, 0.3) is 0 Å². The third-order valence-electron chi connectivity index (χ3n) is 3.68. The standard InChI is InChI=1S/C14H22N2OS/c1-4-16(8-11-6-5-7-11)14-15-13(10(2)3)12(9-17)18-14/h9-11H,4-8H2,1-3H3. The molecule has 1 heterocycles. The molecule has 1 aromatic rings. The molecule has 1 aliphatic carbocycles. The van der Waals surface area contributed by atoms with Gasteiger partial charge in [-0.3, -0.25) is 4.79 Å². The van der Waals surface area contributed by atoms with Gasteiger partial charge in [0.05, 0.1) is 10.6 Å². The first-order chi connectivity index (χ1) is 8.65. The normalized spacial score (nSPS) is 15.8. The van der Waals surface area contributed by atoms with Crippen LogP contribution in [0.2, 0.25) is 0 Å². The molecule has 100 valence electrons. The first-order valence-corrected chi connectivity index (χ1v) is 7.68. The van der Waals surface area contributed by atoms with E-state index in [1.54, 1.807) is 11.3 Å². The Morgan fingerprint density at radius 2 is 2.22 bits per heavy atom. The van der Waals surface area contributed by atoms with Gasteiger partial charge in [0.1, 0.15) is 0 Å². The molecule has 4 heteroatoms. The number of carbonyl (C=O) groups excluding carboxylic acids is 1. The first kappa shape index (κ1) is 13.5. The number of aldehydes is 1. The second-order valence-corrected chi connectivity index (χ2v) is 6.36. The predicted molar refractivity (Wildman–Crippen MR) is 76.8 cm³/mol. The molecular weight excluding hydrogens is 244 g/mol. The van der Waals surface area contributed by atoms with Crippen molar-refractivity contribution in [1.29, 1.82) is 0 Å². The van der Waals surface area contributed by atoms with Crippen molar-refractivity contribution in [1.82, 2.24) is 4.98 Å². The fraction of sp³-hybridized carbons (Fsp3) is 0.714. The maximum Gasteiger partial charge on any atom is 0.186 e. The summed E-state index contributed by atoms with van der Waals surface area (Å²) >= 11 is 1.54. The molecule has 1 fully saturated rings. The molecule has 0 radical (unpaired) electrons. The van der Waals surface area contributed by atoms with Crippen molar-refractivity contribution in [3.63, 3.8) is 0 Å². The Balaban J connectivity index is 2.16. The lowest BCUT2D eigenvalue weighted by atomic mass is 9.85. The van der Waals surface area contributed by atoms with Gasteiger partial charge >= 0.3 is 0 Å². The zero-order valence-electron chi connectivity index (χ0n) is 11.5. The minimum absolute atomic E-state index is 0.317. The monoisotopic (exact) mass is 266 g/mol. The summed E-state index contributed by atoms with van der Waals surface area (Å²) < 4.78 is 0. The molecule has 1 aliphatic rings. The van der Waals surface area contributed by atoms with E-state index >= 15 is 0 Å². The van der Waals surface area contributed by atoms with Crippen molar-refractivity contribution in [2.24, 2.45) is 5.92 Å². The van der Waals surface area contributed by atoms with Gasteiger partial charge < -0.3 is 4.90 Å². The van der Waals surface area contributed by atoms with Gasteiger partial charge in [0, 0.05) is 13.1 Å². The minimum Gasteiger partial charge on any atom is -0.348 e. The zero-order chi connectivity index (χ0) is 13.1. The van der Waals surface area contributed by atoms with Crippen molar-refractivity contribution in [3.8, 4) is 0 Å². The summed E-state index contributed by atoms with van der Waals surface area (Å²) in [6.07, 6.45) is 5.02. The summed E-state index contributed by atoms with van der Waals surface area (Å²) in [5.41, 5.74) is 0.956. The number of anilines is 1. The van der Waals surface area contributed by atoms with Crippen molar-refractivity contribution in [3.05, 3.63) is 10.6 Å². The van der Waals surface area contributed by atoms with E-state index in [-0.39, 0.29) is 0 Å². The Kier molecular flexibility index (Phi) is 4.38. The minimum atomic E-state index is 0.317. The van der Waals surface area contributed by atoms with Crippen LogP contribution in [0.5, 0.6) is 0 Å². The molecule has 1 aromatic heterocycles. The molecule has 2 rings (SSSR count). The average Bonchev–Trinajstić information content (AvgIpc) is 2.72. The van der Waals surface area contributed by atoms with Crippen LogP contribution < -0.4 is 4.90 Å². The number of aromatic nitrogens is 1. The van der Waals surface area contributed by atoms with Crippen LogP contribution in [-0.4, -0.2) is 24.4 Å². The highest BCUT2D eigenvalue weighted by Crippen LogP contribution is 2.33. The second-order valence-electron chi connectivity index (χ2n) is 5.35. The molecule has 0 atom stereocenters. The molecule has 0 N–H and O–H groups in total. The van der Waals surface area contributed by atoms with Crippen LogP contribution in [0.1, 0.15) is 61.3 Å². The van der Waals surface area contributed by atoms with Gasteiger partial charge in [-0.1, -0.05) is 31.6 Å². The van der Waals surface area contributed by atoms with Gasteiger partial charge in [-0.05, 0) is 31.6 Å². The molecule has 0 unspecified atom stereocenters. The van der Waals surface area contributed by atoms with Gasteiger partial charge in [0.25, 0.3) is 0 Å². The zero-order valence-corrected chi connectivity index (χ0v) is 12.3. The van der Waals surface area contributed by atoms with Crippen molar-refractivity contribution < 1.29 is 4.79 Å². The summed E-state index contributed by atoms with van der Waals surface area (Å²) in [5.74, 6) is 1.15. The van der Waals surface area contributed by atoms with Crippen molar-refractivity contribution in [2.45, 2.75) is 46.0 Å². The van der Waals surface area contributed by atoms with Crippen LogP contribution in [0, 0.1) is 5.92 Å². The smallest absolute Gasteiger partial charge is 0.186 e. The highest BCUT2D eigenvalue weighted by molar-refractivity contribution is 7.17. The predicted octanol–water partition coefficient (Wildman–Crippen LogP) is 3.71. The topological polar surface area (TPSA) is 33.2 Å². The number of rotatable bonds is 6. The van der Waals surface area contributed by atoms with Crippen LogP contribution in [0.15, 0.2) is 0 Å². The fourth-order valence-electron chi connectivity index (χ4n) is 2.29. The lowest BCUT2D eigenvalue weighted by Crippen LogP contribution is -2.32. The summed E-state index contributed by atoms with van der Waals surface area (Å²) in [5, 5.41) is 1.02. The molecule has 18 heavy (non-hydrogen) atoms. The SMILES string of the molecule is CCN(CC1CCC1)c1nc(C(C)C)c(C=O)s1. The Morgan fingerprint density at radius 3 is 2.61 bits per heavy atom. The molecule has 3 nitrogen and oxygen atoms in total. The number of hydrogen-bond acceptors (Lipinski definition) is 4. The van der Waals surface area contributed by atoms with E-state index in [1.807, 2.05) is 0 Å². The third kappa shape index (κ3) is 2.74. The molecule has 0 amide bonds. The largest absolute Gasteiger partial charge is 0.348 e. The Labute approximate surface area is 113 Å². The Bertz CT molecular complexity index is 410. The summed E-state index contributed by atoms with van der Waals surface area (Å²) in [4.78, 5) is 18.9. The summed E-state index contributed by atoms with van der Waals surface area (Å²) in [7, 11) is 0. The van der Waals surface area contributed by atoms with E-state index in [0.29, 0.717) is 5.92 Å². The lowest BCUT2D eigenvalue weighted by Gasteiger charge is -2.31. The molecule has 0 aliphatic heterocycles. The lowest BCUT2D eigenvalue weighted by molar-refractivity contribution is 0.112. The average molecular weight is 266 g/mol. The van der Waals surface area contributed by atoms with Gasteiger partial charge in [0.15, 0.2) is 11.4 Å². The molecule has 1 saturated carbocycles. The number of carbonyl (C=O) groups is 1. The third-order valence-corrected chi connectivity index (χ3v) is 4.74. The highest BCUT2D eigenvalue weighted by Gasteiger charge is 2.23. The molecule has 0 aromatic carbocycles. The van der Waals surface area contributed by atoms with E-state index in [2.05, 4.69) is 30.7 Å². The quantitative estimate of drug-likeness (QED) is 0.736. The highest BCUT2D eigenvalue weighted by atomic mass is 32.1. The van der Waals surface area contributed by atoms with E-state index in [1.165, 1.54) is 19.3 Å². The Hall–Kier alpha value is -0.900. The maximum atomic E-state index is 11.1. The molecule has 0 saturated heterocycles. The first-order valence-electron chi connectivity index (χ1n) is 6.86. The fourth-order valence-corrected chi connectivity index (χ4v) is 3.40. The molecular formula is C14H22N2OS. The second kappa shape index (κ2) is 5.83. The van der Waals surface area contributed by atoms with Crippen LogP contribution >= 0.6 is 11.3 Å². The molecule has 0 bridgehead atoms. The van der Waals surface area contributed by atoms with Gasteiger partial charge in [0.2, 0.25) is 0 Å². The number of nitrogens with zero attached hydrogens (tertiary/aromatic N) is 2. The van der Waals surface area contributed by atoms with E-state index in [4.69, 9.17) is 0 Å².